The van der Waals surface area contributed by atoms with Gasteiger partial charge in [0.1, 0.15) is 24.9 Å². The van der Waals surface area contributed by atoms with Crippen molar-refractivity contribution in [3.05, 3.63) is 12.7 Å². The molecule has 16 heavy (non-hydrogen) atoms. The summed E-state index contributed by atoms with van der Waals surface area (Å²) in [5, 5.41) is 37.0. The number of carbonyl (C=O) groups is 1. The molecule has 1 rings (SSSR count). The minimum Gasteiger partial charge on any atom is -0.459 e. The Bertz CT molecular complexity index is 267. The fourth-order valence-electron chi connectivity index (χ4n) is 1.28. The Hall–Kier alpha value is -0.990. The molecule has 1 heterocycles. The molecule has 0 radical (unpaired) electrons. The normalized spacial score (nSPS) is 39.1. The van der Waals surface area contributed by atoms with Gasteiger partial charge in [-0.05, 0) is 0 Å². The summed E-state index contributed by atoms with van der Waals surface area (Å²) in [7, 11) is 0. The molecule has 1 saturated heterocycles. The molecule has 7 nitrogen and oxygen atoms in total. The average Bonchev–Trinajstić information content (AvgIpc) is 2.28. The number of carbonyl (C=O) groups excluding carboxylic acids is 1. The number of rotatable bonds is 3. The minimum absolute atomic E-state index is 0.0832. The Morgan fingerprint density at radius 2 is 1.88 bits per heavy atom. The summed E-state index contributed by atoms with van der Waals surface area (Å²) in [5.41, 5.74) is 0. The second-order valence-corrected chi connectivity index (χ2v) is 3.34. The first kappa shape index (κ1) is 13.1. The van der Waals surface area contributed by atoms with Crippen LogP contribution in [0, 0.1) is 0 Å². The molecule has 4 N–H and O–H groups in total. The zero-order valence-corrected chi connectivity index (χ0v) is 8.39. The van der Waals surface area contributed by atoms with Crippen molar-refractivity contribution in [3.8, 4) is 0 Å². The van der Waals surface area contributed by atoms with Crippen LogP contribution in [0.3, 0.4) is 0 Å². The summed E-state index contributed by atoms with van der Waals surface area (Å²) >= 11 is 0. The van der Waals surface area contributed by atoms with E-state index in [9.17, 15) is 15.0 Å². The molecule has 1 aliphatic heterocycles. The van der Waals surface area contributed by atoms with Crippen LogP contribution in [0.5, 0.6) is 0 Å². The monoisotopic (exact) mass is 234 g/mol. The van der Waals surface area contributed by atoms with Crippen LogP contribution in [0.4, 0.5) is 0 Å². The highest BCUT2D eigenvalue weighted by Crippen LogP contribution is 2.20. The maximum absolute atomic E-state index is 11.3. The number of esters is 1. The van der Waals surface area contributed by atoms with Crippen LogP contribution in [0.2, 0.25) is 0 Å². The van der Waals surface area contributed by atoms with E-state index in [-0.39, 0.29) is 6.61 Å². The van der Waals surface area contributed by atoms with E-state index in [0.717, 1.165) is 0 Å². The number of hydrogen-bond donors (Lipinski definition) is 4. The van der Waals surface area contributed by atoms with E-state index in [1.807, 2.05) is 0 Å². The fourth-order valence-corrected chi connectivity index (χ4v) is 1.28. The molecule has 0 aromatic rings. The number of aliphatic hydroxyl groups excluding tert-OH is 4. The van der Waals surface area contributed by atoms with Gasteiger partial charge < -0.3 is 29.9 Å². The summed E-state index contributed by atoms with van der Waals surface area (Å²) in [6, 6.07) is 0. The van der Waals surface area contributed by atoms with Gasteiger partial charge in [0.05, 0.1) is 0 Å². The molecular formula is C9H14O7. The van der Waals surface area contributed by atoms with Crippen molar-refractivity contribution < 1.29 is 34.7 Å². The molecule has 0 spiro atoms. The third kappa shape index (κ3) is 2.57. The number of aliphatic hydroxyl groups is 4. The lowest BCUT2D eigenvalue weighted by Gasteiger charge is -2.36. The average molecular weight is 234 g/mol. The quantitative estimate of drug-likeness (QED) is 0.315. The van der Waals surface area contributed by atoms with E-state index >= 15 is 0 Å². The topological polar surface area (TPSA) is 116 Å². The van der Waals surface area contributed by atoms with Crippen molar-refractivity contribution in [1.82, 2.24) is 0 Å². The smallest absolute Gasteiger partial charge is 0.338 e. The highest BCUT2D eigenvalue weighted by Gasteiger charge is 2.46. The molecule has 0 aliphatic carbocycles. The molecule has 0 amide bonds. The molecule has 5 atom stereocenters. The second-order valence-electron chi connectivity index (χ2n) is 3.34. The minimum atomic E-state index is -1.75. The van der Waals surface area contributed by atoms with Gasteiger partial charge in [-0.25, -0.2) is 4.79 Å². The van der Waals surface area contributed by atoms with Crippen LogP contribution >= 0.6 is 0 Å². The standard InChI is InChI=1S/C9H14O7/c1-2-3-15-9(14)7-5(11)4(10)6(12)8(13)16-7/h2,4-8,10-13H,1,3H2. The first-order valence-electron chi connectivity index (χ1n) is 4.64. The lowest BCUT2D eigenvalue weighted by atomic mass is 9.99. The van der Waals surface area contributed by atoms with Crippen molar-refractivity contribution >= 4 is 5.97 Å². The summed E-state index contributed by atoms with van der Waals surface area (Å²) in [5.74, 6) is -0.947. The second kappa shape index (κ2) is 5.37. The van der Waals surface area contributed by atoms with Gasteiger partial charge in [-0.1, -0.05) is 12.7 Å². The van der Waals surface area contributed by atoms with Crippen molar-refractivity contribution in [1.29, 1.82) is 0 Å². The Morgan fingerprint density at radius 3 is 2.44 bits per heavy atom. The van der Waals surface area contributed by atoms with Gasteiger partial charge in [-0.15, -0.1) is 0 Å². The van der Waals surface area contributed by atoms with Gasteiger partial charge in [0, 0.05) is 0 Å². The van der Waals surface area contributed by atoms with Gasteiger partial charge in [0.2, 0.25) is 0 Å². The van der Waals surface area contributed by atoms with Gasteiger partial charge in [-0.2, -0.15) is 0 Å². The van der Waals surface area contributed by atoms with Crippen molar-refractivity contribution in [3.63, 3.8) is 0 Å². The van der Waals surface area contributed by atoms with E-state index < -0.39 is 36.7 Å². The largest absolute Gasteiger partial charge is 0.459 e. The molecule has 5 unspecified atom stereocenters. The van der Waals surface area contributed by atoms with E-state index in [1.54, 1.807) is 0 Å². The van der Waals surface area contributed by atoms with Crippen LogP contribution in [0.15, 0.2) is 12.7 Å². The first-order chi connectivity index (χ1) is 7.49. The van der Waals surface area contributed by atoms with Gasteiger partial charge >= 0.3 is 5.97 Å². The predicted molar refractivity (Wildman–Crippen MR) is 50.1 cm³/mol. The van der Waals surface area contributed by atoms with Crippen molar-refractivity contribution in [2.24, 2.45) is 0 Å². The van der Waals surface area contributed by atoms with Crippen molar-refractivity contribution in [2.45, 2.75) is 30.7 Å². The molecule has 0 saturated carbocycles. The Morgan fingerprint density at radius 1 is 1.25 bits per heavy atom. The lowest BCUT2D eigenvalue weighted by Crippen LogP contribution is -2.59. The first-order valence-corrected chi connectivity index (χ1v) is 4.64. The maximum atomic E-state index is 11.3. The van der Waals surface area contributed by atoms with Crippen molar-refractivity contribution in [2.75, 3.05) is 6.61 Å². The molecule has 92 valence electrons. The zero-order valence-electron chi connectivity index (χ0n) is 8.39. The predicted octanol–water partition coefficient (Wildman–Crippen LogP) is -2.48. The highest BCUT2D eigenvalue weighted by molar-refractivity contribution is 5.75. The summed E-state index contributed by atoms with van der Waals surface area (Å²) in [6.45, 7) is 3.24. The summed E-state index contributed by atoms with van der Waals surface area (Å²) < 4.78 is 9.21. The summed E-state index contributed by atoms with van der Waals surface area (Å²) in [6.07, 6.45) is -6.97. The van der Waals surface area contributed by atoms with Gasteiger partial charge in [0.25, 0.3) is 0 Å². The third-order valence-electron chi connectivity index (χ3n) is 2.16. The van der Waals surface area contributed by atoms with E-state index in [0.29, 0.717) is 0 Å². The van der Waals surface area contributed by atoms with E-state index in [4.69, 9.17) is 10.2 Å². The summed E-state index contributed by atoms with van der Waals surface area (Å²) in [4.78, 5) is 11.3. The molecular weight excluding hydrogens is 220 g/mol. The molecule has 0 aromatic carbocycles. The Labute approximate surface area is 91.5 Å². The van der Waals surface area contributed by atoms with E-state index in [1.165, 1.54) is 6.08 Å². The molecule has 1 fully saturated rings. The number of ether oxygens (including phenoxy) is 2. The van der Waals surface area contributed by atoms with Crippen LogP contribution in [0.1, 0.15) is 0 Å². The Balaban J connectivity index is 2.66. The van der Waals surface area contributed by atoms with Gasteiger partial charge in [-0.3, -0.25) is 0 Å². The molecule has 0 bridgehead atoms. The zero-order chi connectivity index (χ0) is 12.3. The van der Waals surface area contributed by atoms with E-state index in [2.05, 4.69) is 16.1 Å². The SMILES string of the molecule is C=CCOC(=O)C1OC(O)C(O)C(O)C1O. The van der Waals surface area contributed by atoms with Crippen LogP contribution in [0.25, 0.3) is 0 Å². The molecule has 7 heteroatoms. The van der Waals surface area contributed by atoms with Crippen LogP contribution in [-0.4, -0.2) is 63.7 Å². The fraction of sp³-hybridized carbons (Fsp3) is 0.667. The van der Waals surface area contributed by atoms with Crippen LogP contribution < -0.4 is 0 Å². The third-order valence-corrected chi connectivity index (χ3v) is 2.16. The lowest BCUT2D eigenvalue weighted by molar-refractivity contribution is -0.280. The highest BCUT2D eigenvalue weighted by atomic mass is 16.7. The van der Waals surface area contributed by atoms with Gasteiger partial charge in [0.15, 0.2) is 12.4 Å². The maximum Gasteiger partial charge on any atom is 0.338 e. The number of hydrogen-bond acceptors (Lipinski definition) is 7. The molecule has 0 aromatic heterocycles. The van der Waals surface area contributed by atoms with Crippen LogP contribution in [-0.2, 0) is 14.3 Å². The Kier molecular flexibility index (Phi) is 4.39. The molecule has 1 aliphatic rings.